The SMILES string of the molecule is COC(=O)c1oc(CSc2nnc(-c3ccc(OC)cc3)n2Cc2ccco2)cc1C. The van der Waals surface area contributed by atoms with Crippen LogP contribution in [-0.2, 0) is 17.0 Å². The van der Waals surface area contributed by atoms with Crippen molar-refractivity contribution in [2.24, 2.45) is 0 Å². The number of methoxy groups -OCH3 is 2. The van der Waals surface area contributed by atoms with Gasteiger partial charge in [0.05, 0.1) is 32.8 Å². The van der Waals surface area contributed by atoms with Crippen molar-refractivity contribution in [3.63, 3.8) is 0 Å². The summed E-state index contributed by atoms with van der Waals surface area (Å²) in [5, 5.41) is 9.49. The van der Waals surface area contributed by atoms with Crippen LogP contribution in [0.25, 0.3) is 11.4 Å². The van der Waals surface area contributed by atoms with Crippen molar-refractivity contribution in [1.29, 1.82) is 0 Å². The maximum atomic E-state index is 11.8. The molecule has 0 amide bonds. The fourth-order valence-corrected chi connectivity index (χ4v) is 3.92. The molecule has 3 heterocycles. The number of hydrogen-bond acceptors (Lipinski definition) is 8. The van der Waals surface area contributed by atoms with Gasteiger partial charge >= 0.3 is 5.97 Å². The smallest absolute Gasteiger partial charge is 0.374 e. The number of hydrogen-bond donors (Lipinski definition) is 0. The molecule has 160 valence electrons. The summed E-state index contributed by atoms with van der Waals surface area (Å²) < 4.78 is 23.2. The van der Waals surface area contributed by atoms with Gasteiger partial charge in [-0.3, -0.25) is 4.57 Å². The fraction of sp³-hybridized carbons (Fsp3) is 0.227. The van der Waals surface area contributed by atoms with Gasteiger partial charge in [0.1, 0.15) is 17.3 Å². The van der Waals surface area contributed by atoms with Crippen molar-refractivity contribution in [2.75, 3.05) is 14.2 Å². The van der Waals surface area contributed by atoms with Crippen molar-refractivity contribution in [1.82, 2.24) is 14.8 Å². The molecule has 0 fully saturated rings. The largest absolute Gasteiger partial charge is 0.497 e. The summed E-state index contributed by atoms with van der Waals surface area (Å²) in [6, 6.07) is 13.2. The molecular formula is C22H21N3O5S. The first-order chi connectivity index (χ1) is 15.1. The van der Waals surface area contributed by atoms with Crippen molar-refractivity contribution in [3.05, 3.63) is 71.6 Å². The Hall–Kier alpha value is -3.46. The molecule has 0 aliphatic rings. The van der Waals surface area contributed by atoms with Crippen LogP contribution in [0.4, 0.5) is 0 Å². The molecule has 3 aromatic heterocycles. The molecule has 0 atom stereocenters. The molecule has 4 aromatic rings. The van der Waals surface area contributed by atoms with Crippen molar-refractivity contribution in [3.8, 4) is 17.1 Å². The maximum Gasteiger partial charge on any atom is 0.374 e. The Morgan fingerprint density at radius 3 is 2.61 bits per heavy atom. The number of aryl methyl sites for hydroxylation is 1. The van der Waals surface area contributed by atoms with Gasteiger partial charge in [-0.1, -0.05) is 11.8 Å². The Balaban J connectivity index is 1.61. The van der Waals surface area contributed by atoms with E-state index in [-0.39, 0.29) is 5.76 Å². The average Bonchev–Trinajstić information content (AvgIpc) is 3.53. The third-order valence-electron chi connectivity index (χ3n) is 4.64. The molecule has 4 rings (SSSR count). The van der Waals surface area contributed by atoms with E-state index in [9.17, 15) is 4.79 Å². The van der Waals surface area contributed by atoms with E-state index in [1.165, 1.54) is 18.9 Å². The Kier molecular flexibility index (Phi) is 6.13. The summed E-state index contributed by atoms with van der Waals surface area (Å²) >= 11 is 1.46. The van der Waals surface area contributed by atoms with Crippen LogP contribution in [0.1, 0.15) is 27.6 Å². The number of ether oxygens (including phenoxy) is 2. The van der Waals surface area contributed by atoms with Crippen LogP contribution in [0, 0.1) is 6.92 Å². The zero-order valence-electron chi connectivity index (χ0n) is 17.3. The summed E-state index contributed by atoms with van der Waals surface area (Å²) in [7, 11) is 2.96. The van der Waals surface area contributed by atoms with Crippen molar-refractivity contribution < 1.29 is 23.1 Å². The van der Waals surface area contributed by atoms with E-state index in [0.717, 1.165) is 22.6 Å². The minimum Gasteiger partial charge on any atom is -0.497 e. The Morgan fingerprint density at radius 1 is 1.13 bits per heavy atom. The Morgan fingerprint density at radius 2 is 1.94 bits per heavy atom. The van der Waals surface area contributed by atoms with Gasteiger partial charge in [-0.15, -0.1) is 10.2 Å². The molecule has 1 aromatic carbocycles. The van der Waals surface area contributed by atoms with Crippen LogP contribution in [-0.4, -0.2) is 35.0 Å². The van der Waals surface area contributed by atoms with Crippen molar-refractivity contribution in [2.45, 2.75) is 24.4 Å². The third-order valence-corrected chi connectivity index (χ3v) is 5.63. The second-order valence-corrected chi connectivity index (χ2v) is 7.65. The average molecular weight is 439 g/mol. The first-order valence-corrected chi connectivity index (χ1v) is 10.5. The Bertz CT molecular complexity index is 1160. The van der Waals surface area contributed by atoms with Crippen LogP contribution in [0.5, 0.6) is 5.75 Å². The van der Waals surface area contributed by atoms with Crippen LogP contribution in [0.15, 0.2) is 62.7 Å². The predicted molar refractivity (Wildman–Crippen MR) is 114 cm³/mol. The molecule has 0 aliphatic heterocycles. The molecular weight excluding hydrogens is 418 g/mol. The number of aromatic nitrogens is 3. The minimum absolute atomic E-state index is 0.217. The molecule has 0 bridgehead atoms. The number of carbonyl (C=O) groups excluding carboxylic acids is 1. The van der Waals surface area contributed by atoms with Crippen molar-refractivity contribution >= 4 is 17.7 Å². The lowest BCUT2D eigenvalue weighted by Gasteiger charge is -2.09. The second-order valence-electron chi connectivity index (χ2n) is 6.71. The lowest BCUT2D eigenvalue weighted by molar-refractivity contribution is 0.0562. The van der Waals surface area contributed by atoms with Gasteiger partial charge < -0.3 is 18.3 Å². The van der Waals surface area contributed by atoms with E-state index in [0.29, 0.717) is 29.0 Å². The predicted octanol–water partition coefficient (Wildman–Crippen LogP) is 4.58. The Labute approximate surface area is 183 Å². The normalized spacial score (nSPS) is 10.9. The van der Waals surface area contributed by atoms with Crippen LogP contribution < -0.4 is 4.74 Å². The highest BCUT2D eigenvalue weighted by atomic mass is 32.2. The van der Waals surface area contributed by atoms with Gasteiger partial charge in [0.25, 0.3) is 0 Å². The van der Waals surface area contributed by atoms with Gasteiger partial charge in [-0.25, -0.2) is 4.79 Å². The first kappa shape index (κ1) is 20.8. The summed E-state index contributed by atoms with van der Waals surface area (Å²) in [5.74, 6) is 3.14. The minimum atomic E-state index is -0.489. The van der Waals surface area contributed by atoms with E-state index >= 15 is 0 Å². The second kappa shape index (κ2) is 9.13. The highest BCUT2D eigenvalue weighted by molar-refractivity contribution is 7.98. The molecule has 0 unspecified atom stereocenters. The summed E-state index contributed by atoms with van der Waals surface area (Å²) in [4.78, 5) is 11.8. The molecule has 0 saturated heterocycles. The molecule has 9 heteroatoms. The third kappa shape index (κ3) is 4.51. The molecule has 8 nitrogen and oxygen atoms in total. The molecule has 0 saturated carbocycles. The first-order valence-electron chi connectivity index (χ1n) is 9.49. The zero-order valence-corrected chi connectivity index (χ0v) is 18.1. The van der Waals surface area contributed by atoms with E-state index < -0.39 is 5.97 Å². The number of thioether (sulfide) groups is 1. The van der Waals surface area contributed by atoms with Gasteiger partial charge in [-0.05, 0) is 49.4 Å². The number of carbonyl (C=O) groups is 1. The number of nitrogens with zero attached hydrogens (tertiary/aromatic N) is 3. The molecule has 0 radical (unpaired) electrons. The maximum absolute atomic E-state index is 11.8. The molecule has 31 heavy (non-hydrogen) atoms. The molecule has 0 N–H and O–H groups in total. The number of benzene rings is 1. The quantitative estimate of drug-likeness (QED) is 0.291. The van der Waals surface area contributed by atoms with Crippen LogP contribution in [0.3, 0.4) is 0 Å². The highest BCUT2D eigenvalue weighted by Gasteiger charge is 2.19. The zero-order chi connectivity index (χ0) is 21.8. The monoisotopic (exact) mass is 439 g/mol. The van der Waals surface area contributed by atoms with E-state index in [1.807, 2.05) is 54.0 Å². The topological polar surface area (TPSA) is 92.5 Å². The summed E-state index contributed by atoms with van der Waals surface area (Å²) in [6.07, 6.45) is 1.64. The fourth-order valence-electron chi connectivity index (χ4n) is 3.10. The summed E-state index contributed by atoms with van der Waals surface area (Å²) in [6.45, 7) is 2.29. The van der Waals surface area contributed by atoms with E-state index in [2.05, 4.69) is 10.2 Å². The number of esters is 1. The highest BCUT2D eigenvalue weighted by Crippen LogP contribution is 2.29. The lowest BCUT2D eigenvalue weighted by atomic mass is 10.2. The van der Waals surface area contributed by atoms with Gasteiger partial charge in [-0.2, -0.15) is 0 Å². The van der Waals surface area contributed by atoms with Gasteiger partial charge in [0.15, 0.2) is 11.0 Å². The van der Waals surface area contributed by atoms with Crippen LogP contribution >= 0.6 is 11.8 Å². The van der Waals surface area contributed by atoms with Gasteiger partial charge in [0.2, 0.25) is 5.76 Å². The number of rotatable bonds is 8. The number of furan rings is 2. The lowest BCUT2D eigenvalue weighted by Crippen LogP contribution is -2.03. The van der Waals surface area contributed by atoms with E-state index in [1.54, 1.807) is 13.4 Å². The van der Waals surface area contributed by atoms with E-state index in [4.69, 9.17) is 18.3 Å². The summed E-state index contributed by atoms with van der Waals surface area (Å²) in [5.41, 5.74) is 1.65. The molecule has 0 aliphatic carbocycles. The van der Waals surface area contributed by atoms with Gasteiger partial charge in [0, 0.05) is 11.1 Å². The molecule has 0 spiro atoms. The van der Waals surface area contributed by atoms with Crippen LogP contribution in [0.2, 0.25) is 0 Å². The standard InChI is InChI=1S/C22H21N3O5S/c1-14-11-18(30-19(14)21(26)28-3)13-31-22-24-23-20(15-6-8-16(27-2)9-7-15)25(22)12-17-5-4-10-29-17/h4-11H,12-13H2,1-3H3.